The Labute approximate surface area is 124 Å². The molecule has 20 heavy (non-hydrogen) atoms. The van der Waals surface area contributed by atoms with E-state index in [2.05, 4.69) is 51.8 Å². The Kier molecular flexibility index (Phi) is 5.24. The smallest absolute Gasteiger partial charge is 0.191 e. The van der Waals surface area contributed by atoms with Crippen LogP contribution >= 0.6 is 11.8 Å². The minimum atomic E-state index is 0.312. The number of benzene rings is 1. The maximum Gasteiger partial charge on any atom is 0.191 e. The molecule has 0 radical (unpaired) electrons. The monoisotopic (exact) mass is 288 g/mol. The molecule has 1 aromatic carbocycles. The molecule has 0 aliphatic carbocycles. The topological polar surface area (TPSA) is 49.8 Å². The molecule has 0 saturated heterocycles. The fourth-order valence-corrected chi connectivity index (χ4v) is 2.37. The third kappa shape index (κ3) is 4.13. The molecule has 0 fully saturated rings. The fraction of sp³-hybridized carbons (Fsp3) is 0.333. The summed E-state index contributed by atoms with van der Waals surface area (Å²) in [7, 11) is 1.86. The number of anilines is 2. The predicted molar refractivity (Wildman–Crippen MR) is 86.6 cm³/mol. The SMILES string of the molecule is CNc1cc(NC(C)Cc2ccccc2)nc(SC)n1. The van der Waals surface area contributed by atoms with Gasteiger partial charge in [0.2, 0.25) is 0 Å². The standard InChI is InChI=1S/C15H20N4S/c1-11(9-12-7-5-4-6-8-12)17-14-10-13(16-2)18-15(19-14)20-3/h4-8,10-11H,9H2,1-3H3,(H2,16,17,18,19). The summed E-state index contributed by atoms with van der Waals surface area (Å²) < 4.78 is 0. The second-order valence-corrected chi connectivity index (χ2v) is 5.38. The lowest BCUT2D eigenvalue weighted by atomic mass is 10.1. The molecule has 4 nitrogen and oxygen atoms in total. The summed E-state index contributed by atoms with van der Waals surface area (Å²) in [6, 6.07) is 12.7. The van der Waals surface area contributed by atoms with Crippen LogP contribution in [0.15, 0.2) is 41.6 Å². The summed E-state index contributed by atoms with van der Waals surface area (Å²) in [5, 5.41) is 7.27. The van der Waals surface area contributed by atoms with Gasteiger partial charge in [0.05, 0.1) is 0 Å². The molecule has 2 rings (SSSR count). The molecule has 1 aromatic heterocycles. The molecular weight excluding hydrogens is 268 g/mol. The minimum Gasteiger partial charge on any atom is -0.373 e. The van der Waals surface area contributed by atoms with Gasteiger partial charge in [-0.25, -0.2) is 9.97 Å². The molecule has 0 spiro atoms. The molecule has 5 heteroatoms. The van der Waals surface area contributed by atoms with Gasteiger partial charge in [0.1, 0.15) is 11.6 Å². The second kappa shape index (κ2) is 7.14. The third-order valence-corrected chi connectivity index (χ3v) is 3.47. The molecular formula is C15H20N4S. The van der Waals surface area contributed by atoms with Gasteiger partial charge in [0.15, 0.2) is 5.16 Å². The van der Waals surface area contributed by atoms with E-state index in [1.54, 1.807) is 11.8 Å². The summed E-state index contributed by atoms with van der Waals surface area (Å²) in [6.45, 7) is 2.16. The molecule has 2 N–H and O–H groups in total. The Morgan fingerprint density at radius 3 is 2.50 bits per heavy atom. The van der Waals surface area contributed by atoms with Crippen molar-refractivity contribution in [1.82, 2.24) is 9.97 Å². The van der Waals surface area contributed by atoms with E-state index in [0.29, 0.717) is 6.04 Å². The van der Waals surface area contributed by atoms with Gasteiger partial charge in [-0.1, -0.05) is 42.1 Å². The van der Waals surface area contributed by atoms with Gasteiger partial charge in [-0.2, -0.15) is 0 Å². The van der Waals surface area contributed by atoms with E-state index in [4.69, 9.17) is 0 Å². The minimum absolute atomic E-state index is 0.312. The van der Waals surface area contributed by atoms with Crippen molar-refractivity contribution in [2.45, 2.75) is 24.5 Å². The summed E-state index contributed by atoms with van der Waals surface area (Å²) >= 11 is 1.54. The molecule has 1 atom stereocenters. The van der Waals surface area contributed by atoms with Crippen LogP contribution in [0, 0.1) is 0 Å². The summed E-state index contributed by atoms with van der Waals surface area (Å²) in [4.78, 5) is 8.84. The zero-order valence-corrected chi connectivity index (χ0v) is 12.9. The van der Waals surface area contributed by atoms with Crippen LogP contribution in [-0.4, -0.2) is 29.3 Å². The highest BCUT2D eigenvalue weighted by molar-refractivity contribution is 7.98. The highest BCUT2D eigenvalue weighted by Crippen LogP contribution is 2.18. The van der Waals surface area contributed by atoms with Gasteiger partial charge in [-0.15, -0.1) is 0 Å². The van der Waals surface area contributed by atoms with Crippen molar-refractivity contribution in [1.29, 1.82) is 0 Å². The Bertz CT molecular complexity index is 523. The average Bonchev–Trinajstić information content (AvgIpc) is 2.47. The summed E-state index contributed by atoms with van der Waals surface area (Å²) in [5.74, 6) is 1.69. The van der Waals surface area contributed by atoms with E-state index in [1.807, 2.05) is 25.4 Å². The third-order valence-electron chi connectivity index (χ3n) is 2.92. The zero-order chi connectivity index (χ0) is 14.4. The van der Waals surface area contributed by atoms with Crippen LogP contribution in [-0.2, 0) is 6.42 Å². The van der Waals surface area contributed by atoms with Crippen molar-refractivity contribution in [3.05, 3.63) is 42.0 Å². The molecule has 106 valence electrons. The van der Waals surface area contributed by atoms with Gasteiger partial charge in [0, 0.05) is 19.2 Å². The van der Waals surface area contributed by atoms with Crippen LogP contribution < -0.4 is 10.6 Å². The van der Waals surface area contributed by atoms with Crippen LogP contribution in [0.4, 0.5) is 11.6 Å². The summed E-state index contributed by atoms with van der Waals surface area (Å²) in [6.07, 6.45) is 2.94. The van der Waals surface area contributed by atoms with Crippen molar-refractivity contribution in [3.8, 4) is 0 Å². The van der Waals surface area contributed by atoms with Crippen molar-refractivity contribution in [2.24, 2.45) is 0 Å². The first-order valence-electron chi connectivity index (χ1n) is 6.62. The largest absolute Gasteiger partial charge is 0.373 e. The molecule has 0 amide bonds. The molecule has 0 bridgehead atoms. The van der Waals surface area contributed by atoms with Gasteiger partial charge < -0.3 is 10.6 Å². The Hall–Kier alpha value is -1.75. The summed E-state index contributed by atoms with van der Waals surface area (Å²) in [5.41, 5.74) is 1.32. The molecule has 1 heterocycles. The number of hydrogen-bond donors (Lipinski definition) is 2. The van der Waals surface area contributed by atoms with E-state index in [1.165, 1.54) is 5.56 Å². The van der Waals surface area contributed by atoms with Gasteiger partial charge in [-0.05, 0) is 25.2 Å². The van der Waals surface area contributed by atoms with Crippen molar-refractivity contribution >= 4 is 23.4 Å². The highest BCUT2D eigenvalue weighted by Gasteiger charge is 2.07. The van der Waals surface area contributed by atoms with E-state index >= 15 is 0 Å². The van der Waals surface area contributed by atoms with Crippen LogP contribution in [0.25, 0.3) is 0 Å². The molecule has 0 saturated carbocycles. The number of nitrogens with zero attached hydrogens (tertiary/aromatic N) is 2. The number of nitrogens with one attached hydrogen (secondary N) is 2. The maximum absolute atomic E-state index is 4.48. The Balaban J connectivity index is 2.05. The van der Waals surface area contributed by atoms with Crippen LogP contribution in [0.3, 0.4) is 0 Å². The number of aromatic nitrogens is 2. The molecule has 1 unspecified atom stereocenters. The Morgan fingerprint density at radius 1 is 1.15 bits per heavy atom. The van der Waals surface area contributed by atoms with Gasteiger partial charge in [0.25, 0.3) is 0 Å². The predicted octanol–water partition coefficient (Wildman–Crippen LogP) is 3.28. The van der Waals surface area contributed by atoms with E-state index in [0.717, 1.165) is 23.2 Å². The lowest BCUT2D eigenvalue weighted by Crippen LogP contribution is -2.19. The maximum atomic E-state index is 4.48. The lowest BCUT2D eigenvalue weighted by Gasteiger charge is -2.15. The quantitative estimate of drug-likeness (QED) is 0.631. The number of hydrogen-bond acceptors (Lipinski definition) is 5. The van der Waals surface area contributed by atoms with Crippen molar-refractivity contribution in [2.75, 3.05) is 23.9 Å². The number of rotatable bonds is 6. The van der Waals surface area contributed by atoms with E-state index in [-0.39, 0.29) is 0 Å². The van der Waals surface area contributed by atoms with Crippen LogP contribution in [0.5, 0.6) is 0 Å². The second-order valence-electron chi connectivity index (χ2n) is 4.61. The van der Waals surface area contributed by atoms with Gasteiger partial charge in [-0.3, -0.25) is 0 Å². The highest BCUT2D eigenvalue weighted by atomic mass is 32.2. The Morgan fingerprint density at radius 2 is 1.85 bits per heavy atom. The zero-order valence-electron chi connectivity index (χ0n) is 12.1. The van der Waals surface area contributed by atoms with E-state index < -0.39 is 0 Å². The first-order chi connectivity index (χ1) is 9.71. The van der Waals surface area contributed by atoms with Crippen molar-refractivity contribution < 1.29 is 0 Å². The fourth-order valence-electron chi connectivity index (χ4n) is 1.99. The van der Waals surface area contributed by atoms with E-state index in [9.17, 15) is 0 Å². The van der Waals surface area contributed by atoms with Gasteiger partial charge >= 0.3 is 0 Å². The lowest BCUT2D eigenvalue weighted by molar-refractivity contribution is 0.778. The first kappa shape index (κ1) is 14.7. The first-order valence-corrected chi connectivity index (χ1v) is 7.85. The van der Waals surface area contributed by atoms with Crippen molar-refractivity contribution in [3.63, 3.8) is 0 Å². The van der Waals surface area contributed by atoms with Crippen LogP contribution in [0.1, 0.15) is 12.5 Å². The average molecular weight is 288 g/mol. The molecule has 0 aliphatic heterocycles. The molecule has 2 aromatic rings. The number of thioether (sulfide) groups is 1. The normalized spacial score (nSPS) is 11.9. The van der Waals surface area contributed by atoms with Crippen LogP contribution in [0.2, 0.25) is 0 Å². The molecule has 0 aliphatic rings.